The van der Waals surface area contributed by atoms with E-state index in [2.05, 4.69) is 76.2 Å². The third kappa shape index (κ3) is 4.62. The molecule has 5 rings (SSSR count). The molecule has 2 N–H and O–H groups in total. The van der Waals surface area contributed by atoms with Crippen molar-refractivity contribution in [1.82, 2.24) is 14.9 Å². The number of carbonyl (C=O) groups is 1. The highest BCUT2D eigenvalue weighted by Gasteiger charge is 2.42. The highest BCUT2D eigenvalue weighted by molar-refractivity contribution is 7.80. The lowest BCUT2D eigenvalue weighted by molar-refractivity contribution is -0.114. The van der Waals surface area contributed by atoms with E-state index < -0.39 is 0 Å². The molecule has 1 amide bonds. The van der Waals surface area contributed by atoms with Crippen LogP contribution in [-0.4, -0.2) is 20.6 Å². The smallest absolute Gasteiger partial charge is 0.221 e. The Labute approximate surface area is 223 Å². The summed E-state index contributed by atoms with van der Waals surface area (Å²) in [4.78, 5) is 18.4. The fourth-order valence-electron chi connectivity index (χ4n) is 5.34. The van der Waals surface area contributed by atoms with Gasteiger partial charge >= 0.3 is 0 Å². The maximum Gasteiger partial charge on any atom is 0.221 e. The third-order valence-electron chi connectivity index (χ3n) is 6.97. The van der Waals surface area contributed by atoms with Crippen LogP contribution in [-0.2, 0) is 11.2 Å². The van der Waals surface area contributed by atoms with Gasteiger partial charge in [0.25, 0.3) is 0 Å². The van der Waals surface area contributed by atoms with Gasteiger partial charge in [-0.3, -0.25) is 9.78 Å². The lowest BCUT2D eigenvalue weighted by Gasteiger charge is -2.28. The first kappa shape index (κ1) is 24.7. The molecule has 4 aromatic rings. The van der Waals surface area contributed by atoms with E-state index in [1.54, 1.807) is 0 Å². The Morgan fingerprint density at radius 3 is 2.46 bits per heavy atom. The van der Waals surface area contributed by atoms with Gasteiger partial charge in [0.15, 0.2) is 5.11 Å². The topological polar surface area (TPSA) is 62.2 Å². The van der Waals surface area contributed by atoms with E-state index in [1.807, 2.05) is 48.7 Å². The minimum Gasteiger partial charge on any atom is -0.351 e. The van der Waals surface area contributed by atoms with Crippen LogP contribution in [0, 0.1) is 13.8 Å². The fourth-order valence-corrected chi connectivity index (χ4v) is 5.69. The van der Waals surface area contributed by atoms with Gasteiger partial charge in [0, 0.05) is 41.6 Å². The zero-order chi connectivity index (χ0) is 26.1. The lowest BCUT2D eigenvalue weighted by atomic mass is 9.96. The zero-order valence-corrected chi connectivity index (χ0v) is 22.3. The summed E-state index contributed by atoms with van der Waals surface area (Å²) in [7, 11) is 0. The molecule has 188 valence electrons. The number of hydrogen-bond donors (Lipinski definition) is 2. The number of carbonyl (C=O) groups excluding carboxylic acids is 1. The number of rotatable bonds is 6. The van der Waals surface area contributed by atoms with E-state index in [4.69, 9.17) is 12.2 Å². The van der Waals surface area contributed by atoms with Crippen LogP contribution in [0.15, 0.2) is 79.0 Å². The van der Waals surface area contributed by atoms with Gasteiger partial charge in [0.1, 0.15) is 0 Å². The van der Waals surface area contributed by atoms with Gasteiger partial charge in [-0.2, -0.15) is 0 Å². The second-order valence-corrected chi connectivity index (χ2v) is 9.76. The van der Waals surface area contributed by atoms with Crippen molar-refractivity contribution in [3.05, 3.63) is 107 Å². The number of para-hydroxylation sites is 1. The van der Waals surface area contributed by atoms with Crippen LogP contribution in [0.4, 0.5) is 11.4 Å². The third-order valence-corrected chi connectivity index (χ3v) is 7.28. The number of pyridine rings is 1. The van der Waals surface area contributed by atoms with Crippen molar-refractivity contribution >= 4 is 34.6 Å². The Balaban J connectivity index is 1.65. The molecule has 6 nitrogen and oxygen atoms in total. The van der Waals surface area contributed by atoms with Gasteiger partial charge < -0.3 is 20.1 Å². The number of nitrogens with zero attached hydrogens (tertiary/aromatic N) is 3. The Morgan fingerprint density at radius 1 is 1.05 bits per heavy atom. The van der Waals surface area contributed by atoms with E-state index in [0.717, 1.165) is 23.5 Å². The van der Waals surface area contributed by atoms with Crippen LogP contribution in [0.1, 0.15) is 54.1 Å². The minimum atomic E-state index is -0.126. The monoisotopic (exact) mass is 509 g/mol. The fraction of sp³-hybridized carbons (Fsp3) is 0.233. The van der Waals surface area contributed by atoms with E-state index in [1.165, 1.54) is 35.1 Å². The molecule has 3 heterocycles. The summed E-state index contributed by atoms with van der Waals surface area (Å²) in [5.74, 6) is -0.0981. The van der Waals surface area contributed by atoms with Crippen LogP contribution < -0.4 is 15.5 Å². The number of amides is 1. The van der Waals surface area contributed by atoms with Gasteiger partial charge in [0.2, 0.25) is 5.91 Å². The first-order chi connectivity index (χ1) is 17.9. The van der Waals surface area contributed by atoms with Crippen LogP contribution in [0.3, 0.4) is 0 Å². The molecule has 2 aromatic heterocycles. The van der Waals surface area contributed by atoms with Gasteiger partial charge in [-0.05, 0) is 92.1 Å². The number of aryl methyl sites for hydroxylation is 2. The standard InChI is InChI=1S/C30H31N5OS/c1-5-22-10-6-7-12-27(22)34-19(2)18-25(20(34)3)29-28(26-11-8-9-17-31-26)33-30(37)35(29)24-15-13-23(14-16-24)32-21(4)36/h6-18,28-29H,5H2,1-4H3,(H,32,36)(H,33,37)/t28-,29+/m1/s1. The van der Waals surface area contributed by atoms with E-state index >= 15 is 0 Å². The summed E-state index contributed by atoms with van der Waals surface area (Å²) in [6, 6.07) is 24.4. The van der Waals surface area contributed by atoms with Crippen LogP contribution >= 0.6 is 12.2 Å². The minimum absolute atomic E-state index is 0.0981. The van der Waals surface area contributed by atoms with E-state index in [9.17, 15) is 4.79 Å². The first-order valence-electron chi connectivity index (χ1n) is 12.5. The van der Waals surface area contributed by atoms with Crippen LogP contribution in [0.25, 0.3) is 5.69 Å². The molecule has 1 aliphatic rings. The molecule has 0 unspecified atom stereocenters. The average molecular weight is 510 g/mol. The number of anilines is 2. The predicted octanol–water partition coefficient (Wildman–Crippen LogP) is 6.19. The normalized spacial score (nSPS) is 17.1. The number of aromatic nitrogens is 2. The van der Waals surface area contributed by atoms with E-state index in [0.29, 0.717) is 5.11 Å². The molecule has 0 aliphatic carbocycles. The highest BCUT2D eigenvalue weighted by atomic mass is 32.1. The zero-order valence-electron chi connectivity index (χ0n) is 21.5. The summed E-state index contributed by atoms with van der Waals surface area (Å²) in [5.41, 5.74) is 8.70. The number of benzene rings is 2. The molecule has 2 atom stereocenters. The number of nitrogens with one attached hydrogen (secondary N) is 2. The molecule has 0 spiro atoms. The molecular formula is C30H31N5OS. The Kier molecular flexibility index (Phi) is 6.80. The van der Waals surface area contributed by atoms with Crippen molar-refractivity contribution in [1.29, 1.82) is 0 Å². The van der Waals surface area contributed by atoms with Gasteiger partial charge in [0.05, 0.1) is 17.8 Å². The molecule has 1 aliphatic heterocycles. The first-order valence-corrected chi connectivity index (χ1v) is 12.9. The summed E-state index contributed by atoms with van der Waals surface area (Å²) in [6.45, 7) is 8.04. The molecule has 37 heavy (non-hydrogen) atoms. The summed E-state index contributed by atoms with van der Waals surface area (Å²) < 4.78 is 2.35. The van der Waals surface area contributed by atoms with Gasteiger partial charge in [-0.1, -0.05) is 31.2 Å². The van der Waals surface area contributed by atoms with Crippen molar-refractivity contribution in [3.8, 4) is 5.69 Å². The molecular weight excluding hydrogens is 478 g/mol. The molecule has 1 fully saturated rings. The highest BCUT2D eigenvalue weighted by Crippen LogP contribution is 2.44. The van der Waals surface area contributed by atoms with Crippen LogP contribution in [0.2, 0.25) is 0 Å². The van der Waals surface area contributed by atoms with Gasteiger partial charge in [-0.25, -0.2) is 0 Å². The van der Waals surface area contributed by atoms with Crippen molar-refractivity contribution in [2.45, 2.75) is 46.2 Å². The van der Waals surface area contributed by atoms with E-state index in [-0.39, 0.29) is 18.0 Å². The van der Waals surface area contributed by atoms with Crippen molar-refractivity contribution in [2.24, 2.45) is 0 Å². The number of hydrogen-bond acceptors (Lipinski definition) is 3. The number of thiocarbonyl (C=S) groups is 1. The maximum atomic E-state index is 11.5. The molecule has 2 aromatic carbocycles. The predicted molar refractivity (Wildman–Crippen MR) is 153 cm³/mol. The molecule has 0 radical (unpaired) electrons. The molecule has 0 bridgehead atoms. The molecule has 7 heteroatoms. The second-order valence-electron chi connectivity index (χ2n) is 9.37. The Bertz CT molecular complexity index is 1440. The SMILES string of the molecule is CCc1ccccc1-n1c(C)cc([C@H]2[C@@H](c3ccccn3)NC(=S)N2c2ccc(NC(C)=O)cc2)c1C. The Hall–Kier alpha value is -3.97. The van der Waals surface area contributed by atoms with Crippen LogP contribution in [0.5, 0.6) is 0 Å². The summed E-state index contributed by atoms with van der Waals surface area (Å²) in [5, 5.41) is 7.03. The summed E-state index contributed by atoms with van der Waals surface area (Å²) in [6.07, 6.45) is 2.78. The average Bonchev–Trinajstić information content (AvgIpc) is 3.39. The lowest BCUT2D eigenvalue weighted by Crippen LogP contribution is -2.29. The van der Waals surface area contributed by atoms with Crippen molar-refractivity contribution in [3.63, 3.8) is 0 Å². The second kappa shape index (κ2) is 10.2. The van der Waals surface area contributed by atoms with Crippen molar-refractivity contribution in [2.75, 3.05) is 10.2 Å². The Morgan fingerprint density at radius 2 is 1.78 bits per heavy atom. The summed E-state index contributed by atoms with van der Waals surface area (Å²) >= 11 is 5.91. The molecule has 0 saturated carbocycles. The largest absolute Gasteiger partial charge is 0.351 e. The van der Waals surface area contributed by atoms with Gasteiger partial charge in [-0.15, -0.1) is 0 Å². The van der Waals surface area contributed by atoms with Crippen molar-refractivity contribution < 1.29 is 4.79 Å². The quantitative estimate of drug-likeness (QED) is 0.304. The molecule has 1 saturated heterocycles. The maximum absolute atomic E-state index is 11.5.